The molecule has 9 heteroatoms. The summed E-state index contributed by atoms with van der Waals surface area (Å²) in [7, 11) is -2.22. The molecule has 8 nitrogen and oxygen atoms in total. The molecule has 0 aromatic heterocycles. The number of aliphatic imine (C=N–C) groups is 1. The SMILES string of the molecule is CCc1cc2c(cc1C(=O)N=C(N)N)S(=O)(=O)CC2=NOC. The molecule has 0 atom stereocenters. The summed E-state index contributed by atoms with van der Waals surface area (Å²) in [5.41, 5.74) is 12.0. The standard InChI is InChI=1S/C13H16N4O4S/c1-3-7-4-9-10(17-21-2)6-22(19,20)11(9)5-8(7)12(18)16-13(14)15/h4-5H,3,6H2,1-2H3,(H4,14,15,16,18). The van der Waals surface area contributed by atoms with Crippen LogP contribution in [-0.2, 0) is 21.1 Å². The van der Waals surface area contributed by atoms with E-state index in [1.54, 1.807) is 6.07 Å². The van der Waals surface area contributed by atoms with E-state index in [1.807, 2.05) is 6.92 Å². The lowest BCUT2D eigenvalue weighted by atomic mass is 9.99. The molecule has 1 aromatic rings. The lowest BCUT2D eigenvalue weighted by Gasteiger charge is -2.08. The van der Waals surface area contributed by atoms with Crippen molar-refractivity contribution in [2.45, 2.75) is 18.2 Å². The van der Waals surface area contributed by atoms with Gasteiger partial charge in [-0.15, -0.1) is 0 Å². The summed E-state index contributed by atoms with van der Waals surface area (Å²) in [4.78, 5) is 20.2. The number of guanidine groups is 1. The molecule has 1 amide bonds. The first kappa shape index (κ1) is 16.0. The molecular formula is C13H16N4O4S. The second-order valence-electron chi connectivity index (χ2n) is 4.68. The van der Waals surface area contributed by atoms with Gasteiger partial charge in [-0.25, -0.2) is 8.42 Å². The van der Waals surface area contributed by atoms with Crippen molar-refractivity contribution in [3.63, 3.8) is 0 Å². The monoisotopic (exact) mass is 324 g/mol. The van der Waals surface area contributed by atoms with Crippen molar-refractivity contribution in [3.05, 3.63) is 28.8 Å². The van der Waals surface area contributed by atoms with E-state index >= 15 is 0 Å². The predicted molar refractivity (Wildman–Crippen MR) is 81.6 cm³/mol. The van der Waals surface area contributed by atoms with Gasteiger partial charge in [-0.2, -0.15) is 4.99 Å². The second-order valence-corrected chi connectivity index (χ2v) is 6.64. The van der Waals surface area contributed by atoms with Gasteiger partial charge >= 0.3 is 0 Å². The number of oxime groups is 1. The smallest absolute Gasteiger partial charge is 0.280 e. The van der Waals surface area contributed by atoms with Gasteiger partial charge in [0.2, 0.25) is 0 Å². The van der Waals surface area contributed by atoms with Crippen LogP contribution in [0.25, 0.3) is 0 Å². The first-order chi connectivity index (χ1) is 10.3. The third-order valence-corrected chi connectivity index (χ3v) is 4.88. The first-order valence-electron chi connectivity index (χ1n) is 6.44. The number of carbonyl (C=O) groups excluding carboxylic acids is 1. The van der Waals surface area contributed by atoms with E-state index in [0.29, 0.717) is 23.3 Å². The number of nitrogens with two attached hydrogens (primary N) is 2. The zero-order chi connectivity index (χ0) is 16.5. The Morgan fingerprint density at radius 2 is 2.05 bits per heavy atom. The van der Waals surface area contributed by atoms with Gasteiger partial charge in [0.15, 0.2) is 15.8 Å². The third-order valence-electron chi connectivity index (χ3n) is 3.22. The van der Waals surface area contributed by atoms with Crippen molar-refractivity contribution in [2.75, 3.05) is 12.9 Å². The maximum Gasteiger partial charge on any atom is 0.280 e. The molecule has 0 saturated heterocycles. The number of amides is 1. The first-order valence-corrected chi connectivity index (χ1v) is 8.09. The molecule has 0 spiro atoms. The van der Waals surface area contributed by atoms with Gasteiger partial charge < -0.3 is 16.3 Å². The molecule has 0 fully saturated rings. The van der Waals surface area contributed by atoms with Crippen LogP contribution in [0.3, 0.4) is 0 Å². The Balaban J connectivity index is 2.70. The minimum atomic E-state index is -3.56. The van der Waals surface area contributed by atoms with E-state index in [-0.39, 0.29) is 22.2 Å². The summed E-state index contributed by atoms with van der Waals surface area (Å²) in [6.45, 7) is 1.84. The average molecular weight is 324 g/mol. The number of benzene rings is 1. The van der Waals surface area contributed by atoms with Gasteiger partial charge in [0.25, 0.3) is 5.91 Å². The Hall–Kier alpha value is -2.42. The van der Waals surface area contributed by atoms with Crippen molar-refractivity contribution >= 4 is 27.4 Å². The number of fused-ring (bicyclic) bond motifs is 1. The van der Waals surface area contributed by atoms with E-state index in [0.717, 1.165) is 0 Å². The largest absolute Gasteiger partial charge is 0.399 e. The molecule has 0 radical (unpaired) electrons. The summed E-state index contributed by atoms with van der Waals surface area (Å²) >= 11 is 0. The average Bonchev–Trinajstić information content (AvgIpc) is 2.68. The fourth-order valence-corrected chi connectivity index (χ4v) is 3.83. The highest BCUT2D eigenvalue weighted by molar-refractivity contribution is 7.92. The maximum absolute atomic E-state index is 12.2. The molecule has 2 rings (SSSR count). The molecular weight excluding hydrogens is 308 g/mol. The van der Waals surface area contributed by atoms with E-state index in [1.165, 1.54) is 13.2 Å². The second kappa shape index (κ2) is 5.76. The summed E-state index contributed by atoms with van der Waals surface area (Å²) < 4.78 is 24.4. The number of hydrogen-bond donors (Lipinski definition) is 2. The van der Waals surface area contributed by atoms with E-state index in [2.05, 4.69) is 15.0 Å². The van der Waals surface area contributed by atoms with Gasteiger partial charge in [0, 0.05) is 11.1 Å². The minimum Gasteiger partial charge on any atom is -0.399 e. The molecule has 1 aromatic carbocycles. The van der Waals surface area contributed by atoms with E-state index < -0.39 is 15.7 Å². The van der Waals surface area contributed by atoms with Crippen LogP contribution >= 0.6 is 0 Å². The summed E-state index contributed by atoms with van der Waals surface area (Å²) in [5.74, 6) is -1.32. The molecule has 0 aliphatic carbocycles. The van der Waals surface area contributed by atoms with Gasteiger partial charge in [-0.05, 0) is 24.1 Å². The van der Waals surface area contributed by atoms with Crippen molar-refractivity contribution in [1.82, 2.24) is 0 Å². The Labute approximate surface area is 127 Å². The number of sulfone groups is 1. The van der Waals surface area contributed by atoms with Crippen LogP contribution in [0.15, 0.2) is 27.2 Å². The summed E-state index contributed by atoms with van der Waals surface area (Å²) in [6.07, 6.45) is 0.509. The van der Waals surface area contributed by atoms with Crippen molar-refractivity contribution in [2.24, 2.45) is 21.6 Å². The highest BCUT2D eigenvalue weighted by Crippen LogP contribution is 2.30. The van der Waals surface area contributed by atoms with Crippen molar-refractivity contribution in [1.29, 1.82) is 0 Å². The lowest BCUT2D eigenvalue weighted by molar-refractivity contribution is 0.100. The normalized spacial score (nSPS) is 17.1. The minimum absolute atomic E-state index is 0.0367. The topological polar surface area (TPSA) is 137 Å². The molecule has 1 aliphatic rings. The quantitative estimate of drug-likeness (QED) is 0.449. The maximum atomic E-state index is 12.2. The van der Waals surface area contributed by atoms with Crippen molar-refractivity contribution < 1.29 is 18.0 Å². The van der Waals surface area contributed by atoms with E-state index in [4.69, 9.17) is 11.5 Å². The molecule has 0 unspecified atom stereocenters. The van der Waals surface area contributed by atoms with Crippen LogP contribution in [0.5, 0.6) is 0 Å². The number of carbonyl (C=O) groups is 1. The third kappa shape index (κ3) is 2.80. The summed E-state index contributed by atoms with van der Waals surface area (Å²) in [5, 5.41) is 3.74. The van der Waals surface area contributed by atoms with Gasteiger partial charge in [-0.1, -0.05) is 12.1 Å². The Bertz CT molecular complexity index is 793. The molecule has 0 saturated carbocycles. The van der Waals surface area contributed by atoms with Crippen LogP contribution in [0.2, 0.25) is 0 Å². The van der Waals surface area contributed by atoms with Crippen LogP contribution in [0.4, 0.5) is 0 Å². The lowest BCUT2D eigenvalue weighted by Crippen LogP contribution is -2.24. The van der Waals surface area contributed by atoms with Crippen molar-refractivity contribution in [3.8, 4) is 0 Å². The Morgan fingerprint density at radius 3 is 2.59 bits per heavy atom. The fraction of sp³-hybridized carbons (Fsp3) is 0.308. The number of rotatable bonds is 3. The van der Waals surface area contributed by atoms with E-state index in [9.17, 15) is 13.2 Å². The van der Waals surface area contributed by atoms with Crippen LogP contribution in [0, 0.1) is 0 Å². The van der Waals surface area contributed by atoms with Crippen LogP contribution < -0.4 is 11.5 Å². The Morgan fingerprint density at radius 1 is 1.36 bits per heavy atom. The molecule has 1 heterocycles. The number of aryl methyl sites for hydroxylation is 1. The fourth-order valence-electron chi connectivity index (χ4n) is 2.30. The zero-order valence-corrected chi connectivity index (χ0v) is 13.0. The molecule has 118 valence electrons. The molecule has 22 heavy (non-hydrogen) atoms. The number of hydrogen-bond acceptors (Lipinski definition) is 5. The Kier molecular flexibility index (Phi) is 4.18. The zero-order valence-electron chi connectivity index (χ0n) is 12.2. The molecule has 4 N–H and O–H groups in total. The van der Waals surface area contributed by atoms with Crippen LogP contribution in [0.1, 0.15) is 28.4 Å². The highest BCUT2D eigenvalue weighted by atomic mass is 32.2. The number of nitrogens with zero attached hydrogens (tertiary/aromatic N) is 2. The molecule has 0 bridgehead atoms. The van der Waals surface area contributed by atoms with Gasteiger partial charge in [0.05, 0.1) is 4.90 Å². The highest BCUT2D eigenvalue weighted by Gasteiger charge is 2.34. The van der Waals surface area contributed by atoms with Crippen LogP contribution in [-0.4, -0.2) is 38.9 Å². The summed E-state index contributed by atoms with van der Waals surface area (Å²) in [6, 6.07) is 2.92. The van der Waals surface area contributed by atoms with Gasteiger partial charge in [-0.3, -0.25) is 4.79 Å². The predicted octanol–water partition coefficient (Wildman–Crippen LogP) is -0.200. The molecule has 1 aliphatic heterocycles. The van der Waals surface area contributed by atoms with Gasteiger partial charge in [0.1, 0.15) is 18.6 Å².